The zero-order valence-electron chi connectivity index (χ0n) is 12.0. The van der Waals surface area contributed by atoms with Crippen LogP contribution in [-0.2, 0) is 6.42 Å². The van der Waals surface area contributed by atoms with Gasteiger partial charge in [-0.15, -0.1) is 0 Å². The van der Waals surface area contributed by atoms with Crippen LogP contribution in [0.15, 0.2) is 18.2 Å². The molecule has 0 amide bonds. The Kier molecular flexibility index (Phi) is 4.32. The van der Waals surface area contributed by atoms with Crippen LogP contribution in [0, 0.1) is 0 Å². The van der Waals surface area contributed by atoms with E-state index >= 15 is 0 Å². The Hall–Kier alpha value is -1.26. The normalized spacial score (nSPS) is 18.4. The fraction of sp³-hybridized carbons (Fsp3) is 0.600. The van der Waals surface area contributed by atoms with Crippen LogP contribution in [0.25, 0.3) is 0 Å². The highest BCUT2D eigenvalue weighted by Crippen LogP contribution is 2.29. The molecular weight excluding hydrogens is 240 g/mol. The Bertz CT molecular complexity index is 432. The molecule has 106 valence electrons. The lowest BCUT2D eigenvalue weighted by Gasteiger charge is -2.26. The van der Waals surface area contributed by atoms with Crippen molar-refractivity contribution < 1.29 is 9.84 Å². The number of aliphatic hydroxyl groups excluding tert-OH is 1. The summed E-state index contributed by atoms with van der Waals surface area (Å²) < 4.78 is 5.75. The molecule has 0 saturated heterocycles. The molecule has 0 spiro atoms. The van der Waals surface area contributed by atoms with E-state index in [1.807, 2.05) is 19.9 Å². The predicted molar refractivity (Wildman–Crippen MR) is 77.9 cm³/mol. The molecule has 0 bridgehead atoms. The molecule has 0 saturated carbocycles. The number of benzene rings is 1. The molecule has 1 heterocycles. The van der Waals surface area contributed by atoms with E-state index < -0.39 is 0 Å². The van der Waals surface area contributed by atoms with Gasteiger partial charge in [-0.1, -0.05) is 6.07 Å². The summed E-state index contributed by atoms with van der Waals surface area (Å²) in [6.45, 7) is 7.90. The van der Waals surface area contributed by atoms with Crippen molar-refractivity contribution in [2.45, 2.75) is 38.8 Å². The molecule has 0 fully saturated rings. The standard InChI is InChI=1S/C15H24N2O2/c1-11-9-16-13-8-12(4-5-14(13)19-11)6-7-17-15(2,3)10-18/h4-5,8,11,16-18H,6-7,9-10H2,1-3H3. The number of anilines is 1. The molecule has 1 atom stereocenters. The summed E-state index contributed by atoms with van der Waals surface area (Å²) in [5, 5.41) is 15.9. The van der Waals surface area contributed by atoms with E-state index in [1.54, 1.807) is 0 Å². The predicted octanol–water partition coefficient (Wildman–Crippen LogP) is 1.78. The molecule has 4 nitrogen and oxygen atoms in total. The third-order valence-electron chi connectivity index (χ3n) is 3.36. The second-order valence-electron chi connectivity index (χ2n) is 5.86. The molecule has 2 rings (SSSR count). The SMILES string of the molecule is CC1CNc2cc(CCNC(C)(C)CO)ccc2O1. The fourth-order valence-corrected chi connectivity index (χ4v) is 2.09. The number of nitrogens with one attached hydrogen (secondary N) is 2. The summed E-state index contributed by atoms with van der Waals surface area (Å²) in [4.78, 5) is 0. The van der Waals surface area contributed by atoms with E-state index in [1.165, 1.54) is 5.56 Å². The minimum absolute atomic E-state index is 0.143. The van der Waals surface area contributed by atoms with Gasteiger partial charge >= 0.3 is 0 Å². The maximum Gasteiger partial charge on any atom is 0.142 e. The van der Waals surface area contributed by atoms with Crippen molar-refractivity contribution in [1.29, 1.82) is 0 Å². The molecular formula is C15H24N2O2. The maximum absolute atomic E-state index is 9.19. The number of fused-ring (bicyclic) bond motifs is 1. The van der Waals surface area contributed by atoms with Gasteiger partial charge in [0.25, 0.3) is 0 Å². The Morgan fingerprint density at radius 3 is 3.00 bits per heavy atom. The van der Waals surface area contributed by atoms with Gasteiger partial charge in [-0.3, -0.25) is 0 Å². The van der Waals surface area contributed by atoms with E-state index in [-0.39, 0.29) is 18.2 Å². The van der Waals surface area contributed by atoms with E-state index in [9.17, 15) is 5.11 Å². The molecule has 19 heavy (non-hydrogen) atoms. The first-order chi connectivity index (χ1) is 9.00. The Morgan fingerprint density at radius 1 is 1.47 bits per heavy atom. The molecule has 0 aromatic heterocycles. The highest BCUT2D eigenvalue weighted by Gasteiger charge is 2.16. The van der Waals surface area contributed by atoms with Crippen LogP contribution in [0.3, 0.4) is 0 Å². The zero-order chi connectivity index (χ0) is 13.9. The molecule has 1 unspecified atom stereocenters. The van der Waals surface area contributed by atoms with Gasteiger partial charge < -0.3 is 20.5 Å². The molecule has 0 radical (unpaired) electrons. The molecule has 4 heteroatoms. The van der Waals surface area contributed by atoms with Crippen molar-refractivity contribution in [3.05, 3.63) is 23.8 Å². The van der Waals surface area contributed by atoms with Crippen LogP contribution in [0.2, 0.25) is 0 Å². The smallest absolute Gasteiger partial charge is 0.142 e. The third-order valence-corrected chi connectivity index (χ3v) is 3.36. The first kappa shape index (κ1) is 14.2. The minimum atomic E-state index is -0.217. The third kappa shape index (κ3) is 3.85. The molecule has 1 aromatic rings. The van der Waals surface area contributed by atoms with Gasteiger partial charge in [-0.2, -0.15) is 0 Å². The molecule has 1 aliphatic rings. The number of hydrogen-bond acceptors (Lipinski definition) is 4. The summed E-state index contributed by atoms with van der Waals surface area (Å²) in [6.07, 6.45) is 1.17. The van der Waals surface area contributed by atoms with Crippen molar-refractivity contribution in [3.8, 4) is 5.75 Å². The highest BCUT2D eigenvalue weighted by atomic mass is 16.5. The van der Waals surface area contributed by atoms with E-state index in [0.29, 0.717) is 0 Å². The first-order valence-corrected chi connectivity index (χ1v) is 6.89. The minimum Gasteiger partial charge on any atom is -0.487 e. The van der Waals surface area contributed by atoms with Crippen molar-refractivity contribution in [1.82, 2.24) is 5.32 Å². The summed E-state index contributed by atoms with van der Waals surface area (Å²) in [5.74, 6) is 0.936. The molecule has 3 N–H and O–H groups in total. The number of rotatable bonds is 5. The van der Waals surface area contributed by atoms with Gasteiger partial charge in [0.1, 0.15) is 11.9 Å². The van der Waals surface area contributed by atoms with Crippen LogP contribution in [-0.4, -0.2) is 36.4 Å². The average molecular weight is 264 g/mol. The molecule has 0 aliphatic carbocycles. The van der Waals surface area contributed by atoms with Gasteiger partial charge in [0.15, 0.2) is 0 Å². The summed E-state index contributed by atoms with van der Waals surface area (Å²) in [7, 11) is 0. The quantitative estimate of drug-likeness (QED) is 0.759. The van der Waals surface area contributed by atoms with Gasteiger partial charge in [0.05, 0.1) is 18.8 Å². The summed E-state index contributed by atoms with van der Waals surface area (Å²) in [6, 6.07) is 6.28. The lowest BCUT2D eigenvalue weighted by molar-refractivity contribution is 0.189. The fourth-order valence-electron chi connectivity index (χ4n) is 2.09. The van der Waals surface area contributed by atoms with Crippen molar-refractivity contribution in [2.24, 2.45) is 0 Å². The Labute approximate surface area is 115 Å². The zero-order valence-corrected chi connectivity index (χ0v) is 12.0. The van der Waals surface area contributed by atoms with E-state index in [2.05, 4.69) is 29.7 Å². The maximum atomic E-state index is 9.19. The Morgan fingerprint density at radius 2 is 2.26 bits per heavy atom. The largest absolute Gasteiger partial charge is 0.487 e. The number of ether oxygens (including phenoxy) is 1. The number of hydrogen-bond donors (Lipinski definition) is 3. The van der Waals surface area contributed by atoms with Crippen LogP contribution < -0.4 is 15.4 Å². The monoisotopic (exact) mass is 264 g/mol. The van der Waals surface area contributed by atoms with Crippen LogP contribution in [0.1, 0.15) is 26.3 Å². The van der Waals surface area contributed by atoms with Crippen molar-refractivity contribution in [3.63, 3.8) is 0 Å². The second-order valence-corrected chi connectivity index (χ2v) is 5.86. The summed E-state index contributed by atoms with van der Waals surface area (Å²) in [5.41, 5.74) is 2.13. The first-order valence-electron chi connectivity index (χ1n) is 6.89. The van der Waals surface area contributed by atoms with Gasteiger partial charge in [-0.25, -0.2) is 0 Å². The number of aliphatic hydroxyl groups is 1. The van der Waals surface area contributed by atoms with Gasteiger partial charge in [0.2, 0.25) is 0 Å². The van der Waals surface area contributed by atoms with Gasteiger partial charge in [0, 0.05) is 5.54 Å². The Balaban J connectivity index is 1.92. The lowest BCUT2D eigenvalue weighted by atomic mass is 10.1. The highest BCUT2D eigenvalue weighted by molar-refractivity contribution is 5.59. The molecule has 1 aliphatic heterocycles. The van der Waals surface area contributed by atoms with E-state index in [4.69, 9.17) is 4.74 Å². The van der Waals surface area contributed by atoms with Crippen molar-refractivity contribution >= 4 is 5.69 Å². The van der Waals surface area contributed by atoms with Crippen LogP contribution in [0.4, 0.5) is 5.69 Å². The second kappa shape index (κ2) is 5.80. The van der Waals surface area contributed by atoms with Crippen molar-refractivity contribution in [2.75, 3.05) is 25.0 Å². The van der Waals surface area contributed by atoms with Crippen LogP contribution >= 0.6 is 0 Å². The molecule has 1 aromatic carbocycles. The van der Waals surface area contributed by atoms with Gasteiger partial charge in [-0.05, 0) is 51.4 Å². The topological polar surface area (TPSA) is 53.5 Å². The average Bonchev–Trinajstić information content (AvgIpc) is 2.39. The van der Waals surface area contributed by atoms with E-state index in [0.717, 1.165) is 30.9 Å². The van der Waals surface area contributed by atoms with Crippen LogP contribution in [0.5, 0.6) is 5.75 Å². The summed E-state index contributed by atoms with van der Waals surface area (Å²) >= 11 is 0. The lowest BCUT2D eigenvalue weighted by Crippen LogP contribution is -2.43.